The fourth-order valence-electron chi connectivity index (χ4n) is 1.75. The van der Waals surface area contributed by atoms with E-state index in [-0.39, 0.29) is 24.8 Å². The van der Waals surface area contributed by atoms with Crippen molar-refractivity contribution in [1.29, 1.82) is 0 Å². The van der Waals surface area contributed by atoms with Crippen LogP contribution in [0.1, 0.15) is 18.4 Å². The summed E-state index contributed by atoms with van der Waals surface area (Å²) in [6.45, 7) is 3.43. The quantitative estimate of drug-likeness (QED) is 0.894. The number of piperidine rings is 1. The third-order valence-electron chi connectivity index (χ3n) is 2.62. The van der Waals surface area contributed by atoms with Gasteiger partial charge in [-0.2, -0.15) is 11.3 Å². The molecule has 0 aliphatic carbocycles. The minimum atomic E-state index is 0. The lowest BCUT2D eigenvalue weighted by atomic mass is 10.1. The molecule has 2 heterocycles. The second-order valence-electron chi connectivity index (χ2n) is 3.75. The van der Waals surface area contributed by atoms with Crippen LogP contribution in [-0.2, 0) is 6.54 Å². The maximum atomic E-state index is 5.85. The highest BCUT2D eigenvalue weighted by Crippen LogP contribution is 2.14. The number of rotatable bonds is 2. The molecule has 0 radical (unpaired) electrons. The number of thiophene rings is 1. The summed E-state index contributed by atoms with van der Waals surface area (Å²) in [6, 6.07) is 2.65. The van der Waals surface area contributed by atoms with Gasteiger partial charge in [-0.05, 0) is 48.3 Å². The molecule has 1 aliphatic rings. The van der Waals surface area contributed by atoms with E-state index in [1.54, 1.807) is 11.3 Å². The van der Waals surface area contributed by atoms with E-state index in [2.05, 4.69) is 21.7 Å². The van der Waals surface area contributed by atoms with Crippen molar-refractivity contribution in [2.75, 3.05) is 13.1 Å². The zero-order chi connectivity index (χ0) is 9.10. The Balaban J connectivity index is 0.000000980. The molecule has 0 atom stereocenters. The molecule has 15 heavy (non-hydrogen) atoms. The van der Waals surface area contributed by atoms with Gasteiger partial charge < -0.3 is 5.73 Å². The zero-order valence-corrected chi connectivity index (χ0v) is 11.0. The molecule has 0 aromatic carbocycles. The van der Waals surface area contributed by atoms with Crippen molar-refractivity contribution in [1.82, 2.24) is 4.90 Å². The van der Waals surface area contributed by atoms with E-state index >= 15 is 0 Å². The van der Waals surface area contributed by atoms with E-state index in [9.17, 15) is 0 Å². The van der Waals surface area contributed by atoms with Gasteiger partial charge in [0.05, 0.1) is 0 Å². The Hall–Kier alpha value is 0.200. The first-order chi connectivity index (χ1) is 6.34. The molecule has 0 saturated carbocycles. The van der Waals surface area contributed by atoms with Gasteiger partial charge >= 0.3 is 0 Å². The number of hydrogen-bond donors (Lipinski definition) is 1. The molecule has 0 unspecified atom stereocenters. The normalized spacial score (nSPS) is 17.9. The number of halogens is 2. The lowest BCUT2D eigenvalue weighted by molar-refractivity contribution is 0.206. The Kier molecular flexibility index (Phi) is 7.57. The van der Waals surface area contributed by atoms with Crippen molar-refractivity contribution in [2.45, 2.75) is 25.4 Å². The highest BCUT2D eigenvalue weighted by atomic mass is 35.5. The second-order valence-corrected chi connectivity index (χ2v) is 4.53. The van der Waals surface area contributed by atoms with Crippen molar-refractivity contribution in [3.05, 3.63) is 22.4 Å². The van der Waals surface area contributed by atoms with Crippen LogP contribution in [0.3, 0.4) is 0 Å². The van der Waals surface area contributed by atoms with Gasteiger partial charge in [0.15, 0.2) is 0 Å². The topological polar surface area (TPSA) is 29.3 Å². The van der Waals surface area contributed by atoms with Gasteiger partial charge in [-0.15, -0.1) is 24.8 Å². The fourth-order valence-corrected chi connectivity index (χ4v) is 2.41. The van der Waals surface area contributed by atoms with Crippen molar-refractivity contribution in [3.63, 3.8) is 0 Å². The molecule has 1 aromatic rings. The van der Waals surface area contributed by atoms with Crippen LogP contribution >= 0.6 is 36.2 Å². The molecule has 0 amide bonds. The lowest BCUT2D eigenvalue weighted by Gasteiger charge is -2.29. The van der Waals surface area contributed by atoms with Gasteiger partial charge in [0, 0.05) is 12.6 Å². The van der Waals surface area contributed by atoms with E-state index in [1.807, 2.05) is 0 Å². The van der Waals surface area contributed by atoms with Gasteiger partial charge in [-0.3, -0.25) is 4.90 Å². The third-order valence-corrected chi connectivity index (χ3v) is 3.35. The molecule has 0 bridgehead atoms. The van der Waals surface area contributed by atoms with Crippen LogP contribution < -0.4 is 5.73 Å². The SMILES string of the molecule is Cl.Cl.NC1CCN(Cc2ccsc2)CC1. The van der Waals surface area contributed by atoms with Crippen LogP contribution in [0.4, 0.5) is 0 Å². The Morgan fingerprint density at radius 1 is 1.33 bits per heavy atom. The molecule has 2 N–H and O–H groups in total. The average Bonchev–Trinajstić information content (AvgIpc) is 2.62. The molecule has 0 spiro atoms. The standard InChI is InChI=1S/C10H16N2S.2ClH/c11-10-1-4-12(5-2-10)7-9-3-6-13-8-9;;/h3,6,8,10H,1-2,4-5,7,11H2;2*1H. The number of hydrogen-bond acceptors (Lipinski definition) is 3. The Labute approximate surface area is 108 Å². The van der Waals surface area contributed by atoms with Gasteiger partial charge in [-0.1, -0.05) is 0 Å². The molecule has 1 aliphatic heterocycles. The number of likely N-dealkylation sites (tertiary alicyclic amines) is 1. The number of nitrogens with two attached hydrogens (primary N) is 1. The smallest absolute Gasteiger partial charge is 0.0242 e. The maximum Gasteiger partial charge on any atom is 0.0242 e. The predicted octanol–water partition coefficient (Wildman–Crippen LogP) is 2.51. The minimum absolute atomic E-state index is 0. The molecule has 1 fully saturated rings. The molecular formula is C10H18Cl2N2S. The molecule has 5 heteroatoms. The van der Waals surface area contributed by atoms with Crippen LogP contribution in [-0.4, -0.2) is 24.0 Å². The van der Waals surface area contributed by atoms with Crippen molar-refractivity contribution in [2.24, 2.45) is 5.73 Å². The second kappa shape index (κ2) is 7.47. The monoisotopic (exact) mass is 268 g/mol. The van der Waals surface area contributed by atoms with E-state index in [0.717, 1.165) is 32.5 Å². The largest absolute Gasteiger partial charge is 0.328 e. The molecule has 1 aromatic heterocycles. The van der Waals surface area contributed by atoms with Crippen molar-refractivity contribution >= 4 is 36.2 Å². The van der Waals surface area contributed by atoms with Crippen LogP contribution in [0, 0.1) is 0 Å². The molecule has 2 nitrogen and oxygen atoms in total. The molecule has 2 rings (SSSR count). The average molecular weight is 269 g/mol. The van der Waals surface area contributed by atoms with Gasteiger partial charge in [0.2, 0.25) is 0 Å². The summed E-state index contributed by atoms with van der Waals surface area (Å²) < 4.78 is 0. The van der Waals surface area contributed by atoms with Gasteiger partial charge in [0.1, 0.15) is 0 Å². The highest BCUT2D eigenvalue weighted by Gasteiger charge is 2.15. The summed E-state index contributed by atoms with van der Waals surface area (Å²) >= 11 is 1.78. The van der Waals surface area contributed by atoms with Crippen molar-refractivity contribution in [3.8, 4) is 0 Å². The van der Waals surface area contributed by atoms with Crippen LogP contribution in [0.2, 0.25) is 0 Å². The molecule has 88 valence electrons. The first-order valence-electron chi connectivity index (χ1n) is 4.83. The van der Waals surface area contributed by atoms with E-state index < -0.39 is 0 Å². The first-order valence-corrected chi connectivity index (χ1v) is 5.78. The number of nitrogens with zero attached hydrogens (tertiary/aromatic N) is 1. The van der Waals surface area contributed by atoms with E-state index in [4.69, 9.17) is 5.73 Å². The molecule has 1 saturated heterocycles. The summed E-state index contributed by atoms with van der Waals surface area (Å²) in [5.74, 6) is 0. The van der Waals surface area contributed by atoms with E-state index in [0.29, 0.717) is 6.04 Å². The Bertz CT molecular complexity index is 246. The summed E-state index contributed by atoms with van der Waals surface area (Å²) in [7, 11) is 0. The van der Waals surface area contributed by atoms with Crippen LogP contribution in [0.25, 0.3) is 0 Å². The summed E-state index contributed by atoms with van der Waals surface area (Å²) in [5.41, 5.74) is 7.29. The maximum absolute atomic E-state index is 5.85. The highest BCUT2D eigenvalue weighted by molar-refractivity contribution is 7.07. The predicted molar refractivity (Wildman–Crippen MR) is 71.3 cm³/mol. The zero-order valence-electron chi connectivity index (χ0n) is 8.59. The Morgan fingerprint density at radius 2 is 2.00 bits per heavy atom. The Morgan fingerprint density at radius 3 is 2.53 bits per heavy atom. The van der Waals surface area contributed by atoms with Gasteiger partial charge in [0.25, 0.3) is 0 Å². The summed E-state index contributed by atoms with van der Waals surface area (Å²) in [5, 5.41) is 4.37. The van der Waals surface area contributed by atoms with Crippen LogP contribution in [0.15, 0.2) is 16.8 Å². The lowest BCUT2D eigenvalue weighted by Crippen LogP contribution is -2.39. The van der Waals surface area contributed by atoms with E-state index in [1.165, 1.54) is 5.56 Å². The minimum Gasteiger partial charge on any atom is -0.328 e. The summed E-state index contributed by atoms with van der Waals surface area (Å²) in [4.78, 5) is 2.49. The molecular weight excluding hydrogens is 251 g/mol. The third kappa shape index (κ3) is 4.70. The fraction of sp³-hybridized carbons (Fsp3) is 0.600. The van der Waals surface area contributed by atoms with Gasteiger partial charge in [-0.25, -0.2) is 0 Å². The summed E-state index contributed by atoms with van der Waals surface area (Å²) in [6.07, 6.45) is 2.31. The van der Waals surface area contributed by atoms with Crippen molar-refractivity contribution < 1.29 is 0 Å². The van der Waals surface area contributed by atoms with Crippen LogP contribution in [0.5, 0.6) is 0 Å². The first kappa shape index (κ1) is 15.2.